The van der Waals surface area contributed by atoms with Crippen molar-refractivity contribution in [1.82, 2.24) is 20.6 Å². The van der Waals surface area contributed by atoms with E-state index in [4.69, 9.17) is 50.0 Å². The van der Waals surface area contributed by atoms with E-state index in [0.29, 0.717) is 34.1 Å². The smallest absolute Gasteiger partial charge is 0.407 e. The fourth-order valence-corrected chi connectivity index (χ4v) is 5.97. The molecule has 2 fully saturated rings. The Balaban J connectivity index is 0.000000231. The van der Waals surface area contributed by atoms with Gasteiger partial charge in [0.1, 0.15) is 22.2 Å². The number of alkyl carbamates (subject to hydrolysis) is 2. The zero-order valence-electron chi connectivity index (χ0n) is 34.7. The summed E-state index contributed by atoms with van der Waals surface area (Å²) >= 11 is 18.5. The van der Waals surface area contributed by atoms with Crippen LogP contribution in [0.3, 0.4) is 0 Å². The van der Waals surface area contributed by atoms with Crippen LogP contribution in [0.1, 0.15) is 89.5 Å². The molecule has 2 aromatic carbocycles. The average Bonchev–Trinajstić information content (AvgIpc) is 4.05. The fraction of sp³-hybridized carbons (Fsp3) is 0.409. The number of carbonyl (C=O) groups is 4. The Kier molecular flexibility index (Phi) is 16.2. The normalized spacial score (nSPS) is 13.4. The number of rotatable bonds is 9. The highest BCUT2D eigenvalue weighted by Crippen LogP contribution is 2.34. The van der Waals surface area contributed by atoms with Gasteiger partial charge in [-0.1, -0.05) is 71.2 Å². The molecular formula is C44H53Cl3N6O6. The maximum Gasteiger partial charge on any atom is 0.407 e. The molecule has 2 saturated carbocycles. The van der Waals surface area contributed by atoms with Crippen molar-refractivity contribution in [2.45, 2.75) is 105 Å². The average molecular weight is 868 g/mol. The number of amides is 4. The van der Waals surface area contributed by atoms with E-state index in [1.807, 2.05) is 91.8 Å². The molecule has 0 aliphatic heterocycles. The molecule has 0 spiro atoms. The number of nitrogens with one attached hydrogen (secondary N) is 3. The van der Waals surface area contributed by atoms with Crippen LogP contribution in [0.25, 0.3) is 22.3 Å². The van der Waals surface area contributed by atoms with E-state index in [9.17, 15) is 19.2 Å². The van der Waals surface area contributed by atoms with Gasteiger partial charge in [0.05, 0.1) is 10.0 Å². The molecule has 2 aliphatic carbocycles. The molecule has 2 heterocycles. The number of nitrogens with zero attached hydrogens (tertiary/aromatic N) is 2. The molecule has 15 heteroatoms. The molecule has 6 rings (SSSR count). The Morgan fingerprint density at radius 1 is 0.678 bits per heavy atom. The van der Waals surface area contributed by atoms with E-state index in [-0.39, 0.29) is 23.7 Å². The predicted molar refractivity (Wildman–Crippen MR) is 233 cm³/mol. The molecule has 2 aromatic heterocycles. The number of aryl methyl sites for hydroxylation is 2. The van der Waals surface area contributed by atoms with Crippen LogP contribution in [0.5, 0.6) is 0 Å². The number of aromatic nitrogens is 2. The highest BCUT2D eigenvalue weighted by atomic mass is 35.5. The third-order valence-corrected chi connectivity index (χ3v) is 9.62. The highest BCUT2D eigenvalue weighted by molar-refractivity contribution is 6.34. The van der Waals surface area contributed by atoms with Crippen LogP contribution in [-0.4, -0.2) is 45.2 Å². The first-order valence-electron chi connectivity index (χ1n) is 19.3. The van der Waals surface area contributed by atoms with Gasteiger partial charge in [-0.25, -0.2) is 19.6 Å². The minimum Gasteiger partial charge on any atom is -0.444 e. The van der Waals surface area contributed by atoms with Gasteiger partial charge < -0.3 is 31.2 Å². The minimum atomic E-state index is -0.534. The molecule has 4 amide bonds. The van der Waals surface area contributed by atoms with Gasteiger partial charge in [0.2, 0.25) is 11.8 Å². The largest absolute Gasteiger partial charge is 0.444 e. The standard InChI is InChI=1S/C22H26ClN3O3.C18H20Cl2N2O2.C4H7NO/c1-13-9-15(7-8-16(13)11-25-21(28)29-22(2,3)4)17-10-19(24-12-18(17)23)26-20(27)14-5-6-14;1-11-7-12(14-8-16(20)21-10-15(14)19)5-6-13(11)9-22-17(23)24-18(2,3)4;5-4(6)3-1-2-3/h7-10,12,14H,5-6,11H2,1-4H3,(H,25,28)(H,24,26,27);5-8,10H,9H2,1-4H3,(H,22,23);3H,1-2H2,(H2,5,6). The second kappa shape index (κ2) is 20.4. The Bertz CT molecular complexity index is 2160. The van der Waals surface area contributed by atoms with Gasteiger partial charge in [0, 0.05) is 48.4 Å². The van der Waals surface area contributed by atoms with Crippen molar-refractivity contribution in [1.29, 1.82) is 0 Å². The lowest BCUT2D eigenvalue weighted by atomic mass is 10.0. The minimum absolute atomic E-state index is 0.00511. The number of anilines is 1. The Morgan fingerprint density at radius 3 is 1.51 bits per heavy atom. The lowest BCUT2D eigenvalue weighted by molar-refractivity contribution is -0.119. The molecule has 0 unspecified atom stereocenters. The second-order valence-electron chi connectivity index (χ2n) is 16.5. The van der Waals surface area contributed by atoms with Crippen molar-refractivity contribution >= 4 is 64.6 Å². The number of carbonyl (C=O) groups excluding carboxylic acids is 4. The van der Waals surface area contributed by atoms with Gasteiger partial charge in [0.15, 0.2) is 0 Å². The molecular weight excluding hydrogens is 815 g/mol. The summed E-state index contributed by atoms with van der Waals surface area (Å²) in [6.07, 6.45) is 6.11. The Morgan fingerprint density at radius 2 is 1.12 bits per heavy atom. The molecule has 12 nitrogen and oxygen atoms in total. The zero-order valence-corrected chi connectivity index (χ0v) is 37.0. The maximum atomic E-state index is 12.0. The summed E-state index contributed by atoms with van der Waals surface area (Å²) in [6.45, 7) is 15.7. The first kappa shape index (κ1) is 46.8. The molecule has 0 saturated heterocycles. The van der Waals surface area contributed by atoms with E-state index < -0.39 is 23.4 Å². The Hall–Kier alpha value is -4.91. The Labute approximate surface area is 361 Å². The van der Waals surface area contributed by atoms with Gasteiger partial charge in [-0.2, -0.15) is 0 Å². The van der Waals surface area contributed by atoms with E-state index in [1.165, 1.54) is 6.20 Å². The molecule has 0 bridgehead atoms. The van der Waals surface area contributed by atoms with Gasteiger partial charge in [-0.15, -0.1) is 0 Å². The number of hydrogen-bond donors (Lipinski definition) is 4. The number of benzene rings is 2. The molecule has 5 N–H and O–H groups in total. The van der Waals surface area contributed by atoms with Crippen LogP contribution < -0.4 is 21.7 Å². The van der Waals surface area contributed by atoms with Crippen LogP contribution in [0.15, 0.2) is 60.9 Å². The highest BCUT2D eigenvalue weighted by Gasteiger charge is 2.30. The molecule has 0 radical (unpaired) electrons. The predicted octanol–water partition coefficient (Wildman–Crippen LogP) is 10.4. The lowest BCUT2D eigenvalue weighted by Gasteiger charge is -2.20. The van der Waals surface area contributed by atoms with E-state index >= 15 is 0 Å². The number of hydrogen-bond acceptors (Lipinski definition) is 8. The quantitative estimate of drug-likeness (QED) is 0.120. The monoisotopic (exact) mass is 866 g/mol. The van der Waals surface area contributed by atoms with Gasteiger partial charge in [-0.3, -0.25) is 9.59 Å². The van der Waals surface area contributed by atoms with Gasteiger partial charge in [-0.05, 0) is 127 Å². The van der Waals surface area contributed by atoms with Crippen molar-refractivity contribution in [3.63, 3.8) is 0 Å². The summed E-state index contributed by atoms with van der Waals surface area (Å²) in [4.78, 5) is 53.7. The summed E-state index contributed by atoms with van der Waals surface area (Å²) in [5.41, 5.74) is 11.3. The van der Waals surface area contributed by atoms with Crippen LogP contribution in [-0.2, 0) is 32.2 Å². The van der Waals surface area contributed by atoms with E-state index in [0.717, 1.165) is 70.2 Å². The van der Waals surface area contributed by atoms with Crippen LogP contribution in [0.4, 0.5) is 15.4 Å². The molecule has 0 atom stereocenters. The summed E-state index contributed by atoms with van der Waals surface area (Å²) in [6, 6.07) is 15.3. The lowest BCUT2D eigenvalue weighted by Crippen LogP contribution is -2.32. The fourth-order valence-electron chi connectivity index (χ4n) is 5.39. The molecule has 4 aromatic rings. The number of primary amides is 1. The number of halogens is 3. The maximum absolute atomic E-state index is 12.0. The first-order chi connectivity index (χ1) is 27.6. The number of nitrogens with two attached hydrogens (primary N) is 1. The first-order valence-corrected chi connectivity index (χ1v) is 20.4. The van der Waals surface area contributed by atoms with E-state index in [2.05, 4.69) is 25.9 Å². The van der Waals surface area contributed by atoms with E-state index in [1.54, 1.807) is 18.3 Å². The molecule has 316 valence electrons. The van der Waals surface area contributed by atoms with Gasteiger partial charge >= 0.3 is 12.2 Å². The third-order valence-electron chi connectivity index (χ3n) is 8.81. The zero-order chi connectivity index (χ0) is 43.7. The molecule has 59 heavy (non-hydrogen) atoms. The summed E-state index contributed by atoms with van der Waals surface area (Å²) in [7, 11) is 0. The van der Waals surface area contributed by atoms with Crippen LogP contribution in [0, 0.1) is 25.7 Å². The van der Waals surface area contributed by atoms with Crippen LogP contribution >= 0.6 is 34.8 Å². The topological polar surface area (TPSA) is 175 Å². The van der Waals surface area contributed by atoms with Crippen molar-refractivity contribution in [3.05, 3.63) is 98.4 Å². The summed E-state index contributed by atoms with van der Waals surface area (Å²) < 4.78 is 10.5. The number of ether oxygens (including phenoxy) is 2. The number of pyridine rings is 2. The van der Waals surface area contributed by atoms with Crippen molar-refractivity contribution in [2.24, 2.45) is 17.6 Å². The molecule has 2 aliphatic rings. The second-order valence-corrected chi connectivity index (χ2v) is 17.7. The van der Waals surface area contributed by atoms with Gasteiger partial charge in [0.25, 0.3) is 0 Å². The SMILES string of the molecule is Cc1cc(-c2cc(Cl)ncc2Cl)ccc1CNC(=O)OC(C)(C)C.Cc1cc(-c2cc(NC(=O)C3CC3)ncc2Cl)ccc1CNC(=O)OC(C)(C)C.NC(=O)C1CC1. The summed E-state index contributed by atoms with van der Waals surface area (Å²) in [5.74, 6) is 0.718. The summed E-state index contributed by atoms with van der Waals surface area (Å²) in [5, 5.41) is 9.82. The van der Waals surface area contributed by atoms with Crippen LogP contribution in [0.2, 0.25) is 15.2 Å². The van der Waals surface area contributed by atoms with Crippen molar-refractivity contribution in [2.75, 3.05) is 5.32 Å². The van der Waals surface area contributed by atoms with Crippen molar-refractivity contribution < 1.29 is 28.7 Å². The third kappa shape index (κ3) is 16.0. The van der Waals surface area contributed by atoms with Crippen molar-refractivity contribution in [3.8, 4) is 22.3 Å².